The molecule has 0 atom stereocenters. The molecule has 3 N–H and O–H groups in total. The van der Waals surface area contributed by atoms with Gasteiger partial charge in [0.15, 0.2) is 0 Å². The Bertz CT molecular complexity index is 422. The fraction of sp³-hybridized carbons (Fsp3) is 0.533. The van der Waals surface area contributed by atoms with Crippen molar-refractivity contribution in [3.8, 4) is 0 Å². The van der Waals surface area contributed by atoms with Gasteiger partial charge >= 0.3 is 0 Å². The molecule has 1 aliphatic rings. The summed E-state index contributed by atoms with van der Waals surface area (Å²) in [6, 6.07) is 8.07. The molecule has 1 amide bonds. The standard InChI is InChI=1S/C15H22N2O/c1-15(7-2-3-8-15)14(18)17-11-13-6-4-5-12(9-13)10-16/h4-6,9H,2-3,7-8,10-11,16H2,1H3,(H,17,18). The summed E-state index contributed by atoms with van der Waals surface area (Å²) in [5.74, 6) is 0.193. The second-order valence-electron chi connectivity index (χ2n) is 5.47. The average Bonchev–Trinajstić information content (AvgIpc) is 2.84. The van der Waals surface area contributed by atoms with Crippen LogP contribution in [0.3, 0.4) is 0 Å². The molecule has 3 heteroatoms. The van der Waals surface area contributed by atoms with E-state index >= 15 is 0 Å². The predicted molar refractivity (Wildman–Crippen MR) is 72.8 cm³/mol. The van der Waals surface area contributed by atoms with E-state index < -0.39 is 0 Å². The van der Waals surface area contributed by atoms with Crippen LogP contribution >= 0.6 is 0 Å². The second kappa shape index (κ2) is 5.53. The van der Waals surface area contributed by atoms with Gasteiger partial charge in [0.2, 0.25) is 5.91 Å². The van der Waals surface area contributed by atoms with Gasteiger partial charge in [0, 0.05) is 18.5 Å². The summed E-state index contributed by atoms with van der Waals surface area (Å²) in [5.41, 5.74) is 7.68. The predicted octanol–water partition coefficient (Wildman–Crippen LogP) is 2.34. The Morgan fingerprint density at radius 3 is 2.67 bits per heavy atom. The van der Waals surface area contributed by atoms with E-state index in [1.165, 1.54) is 12.8 Å². The molecule has 0 aliphatic heterocycles. The Labute approximate surface area is 109 Å². The van der Waals surface area contributed by atoms with E-state index in [-0.39, 0.29) is 11.3 Å². The topological polar surface area (TPSA) is 55.1 Å². The van der Waals surface area contributed by atoms with Crippen LogP contribution in [-0.4, -0.2) is 5.91 Å². The first-order chi connectivity index (χ1) is 8.64. The highest BCUT2D eigenvalue weighted by Gasteiger charge is 2.35. The molecular formula is C15H22N2O. The van der Waals surface area contributed by atoms with Gasteiger partial charge in [0.25, 0.3) is 0 Å². The highest BCUT2D eigenvalue weighted by Crippen LogP contribution is 2.37. The number of carbonyl (C=O) groups is 1. The lowest BCUT2D eigenvalue weighted by Crippen LogP contribution is -2.36. The van der Waals surface area contributed by atoms with E-state index in [0.717, 1.165) is 24.0 Å². The van der Waals surface area contributed by atoms with E-state index in [2.05, 4.69) is 18.3 Å². The van der Waals surface area contributed by atoms with Gasteiger partial charge in [-0.1, -0.05) is 44.0 Å². The van der Waals surface area contributed by atoms with Crippen molar-refractivity contribution in [1.82, 2.24) is 5.32 Å². The molecule has 1 aromatic carbocycles. The number of amides is 1. The number of hydrogen-bond acceptors (Lipinski definition) is 2. The maximum Gasteiger partial charge on any atom is 0.226 e. The molecule has 0 spiro atoms. The lowest BCUT2D eigenvalue weighted by atomic mass is 9.88. The SMILES string of the molecule is CC1(C(=O)NCc2cccc(CN)c2)CCCC1. The van der Waals surface area contributed by atoms with Crippen molar-refractivity contribution in [2.45, 2.75) is 45.7 Å². The first-order valence-electron chi connectivity index (χ1n) is 6.70. The Morgan fingerprint density at radius 2 is 2.00 bits per heavy atom. The number of nitrogens with two attached hydrogens (primary N) is 1. The van der Waals surface area contributed by atoms with Gasteiger partial charge in [-0.15, -0.1) is 0 Å². The minimum absolute atomic E-state index is 0.147. The smallest absolute Gasteiger partial charge is 0.226 e. The molecule has 0 saturated heterocycles. The number of nitrogens with one attached hydrogen (secondary N) is 1. The van der Waals surface area contributed by atoms with Crippen LogP contribution in [0.2, 0.25) is 0 Å². The fourth-order valence-corrected chi connectivity index (χ4v) is 2.64. The number of benzene rings is 1. The van der Waals surface area contributed by atoms with Gasteiger partial charge in [-0.05, 0) is 24.0 Å². The van der Waals surface area contributed by atoms with Crippen LogP contribution in [-0.2, 0) is 17.9 Å². The summed E-state index contributed by atoms with van der Waals surface area (Å²) in [5, 5.41) is 3.05. The maximum atomic E-state index is 12.2. The zero-order chi connectivity index (χ0) is 13.0. The van der Waals surface area contributed by atoms with Crippen LogP contribution in [0.1, 0.15) is 43.7 Å². The summed E-state index contributed by atoms with van der Waals surface area (Å²) in [6.45, 7) is 3.22. The molecule has 0 bridgehead atoms. The molecule has 0 radical (unpaired) electrons. The zero-order valence-corrected chi connectivity index (χ0v) is 11.0. The lowest BCUT2D eigenvalue weighted by molar-refractivity contribution is -0.130. The van der Waals surface area contributed by atoms with Crippen LogP contribution in [0.15, 0.2) is 24.3 Å². The third kappa shape index (κ3) is 2.91. The summed E-state index contributed by atoms with van der Waals surface area (Å²) in [4.78, 5) is 12.2. The molecule has 18 heavy (non-hydrogen) atoms. The molecule has 1 saturated carbocycles. The summed E-state index contributed by atoms with van der Waals surface area (Å²) in [6.07, 6.45) is 4.38. The quantitative estimate of drug-likeness (QED) is 0.856. The van der Waals surface area contributed by atoms with Crippen molar-refractivity contribution >= 4 is 5.91 Å². The van der Waals surface area contributed by atoms with Crippen LogP contribution in [0.4, 0.5) is 0 Å². The van der Waals surface area contributed by atoms with Crippen molar-refractivity contribution in [3.05, 3.63) is 35.4 Å². The van der Waals surface area contributed by atoms with Gasteiger partial charge < -0.3 is 11.1 Å². The Hall–Kier alpha value is -1.35. The van der Waals surface area contributed by atoms with E-state index in [9.17, 15) is 4.79 Å². The Morgan fingerprint density at radius 1 is 1.33 bits per heavy atom. The van der Waals surface area contributed by atoms with E-state index in [0.29, 0.717) is 13.1 Å². The van der Waals surface area contributed by atoms with Gasteiger partial charge in [-0.2, -0.15) is 0 Å². The van der Waals surface area contributed by atoms with E-state index in [1.807, 2.05) is 18.2 Å². The molecule has 0 aromatic heterocycles. The number of carbonyl (C=O) groups excluding carboxylic acids is 1. The molecule has 0 unspecified atom stereocenters. The van der Waals surface area contributed by atoms with Gasteiger partial charge in [0.1, 0.15) is 0 Å². The highest BCUT2D eigenvalue weighted by molar-refractivity contribution is 5.82. The first kappa shape index (κ1) is 13.1. The fourth-order valence-electron chi connectivity index (χ4n) is 2.64. The summed E-state index contributed by atoms with van der Waals surface area (Å²) < 4.78 is 0. The van der Waals surface area contributed by atoms with E-state index in [4.69, 9.17) is 5.73 Å². The summed E-state index contributed by atoms with van der Waals surface area (Å²) >= 11 is 0. The van der Waals surface area contributed by atoms with Crippen LogP contribution in [0, 0.1) is 5.41 Å². The largest absolute Gasteiger partial charge is 0.352 e. The van der Waals surface area contributed by atoms with Crippen molar-refractivity contribution in [3.63, 3.8) is 0 Å². The van der Waals surface area contributed by atoms with E-state index in [1.54, 1.807) is 0 Å². The third-order valence-electron chi connectivity index (χ3n) is 3.94. The van der Waals surface area contributed by atoms with Gasteiger partial charge in [-0.3, -0.25) is 4.79 Å². The van der Waals surface area contributed by atoms with Crippen molar-refractivity contribution in [2.75, 3.05) is 0 Å². The Kier molecular flexibility index (Phi) is 4.02. The van der Waals surface area contributed by atoms with Gasteiger partial charge in [-0.25, -0.2) is 0 Å². The minimum atomic E-state index is -0.147. The molecule has 0 heterocycles. The Balaban J connectivity index is 1.92. The highest BCUT2D eigenvalue weighted by atomic mass is 16.2. The van der Waals surface area contributed by atoms with Crippen LogP contribution in [0.5, 0.6) is 0 Å². The van der Waals surface area contributed by atoms with Gasteiger partial charge in [0.05, 0.1) is 0 Å². The third-order valence-corrected chi connectivity index (χ3v) is 3.94. The molecule has 1 fully saturated rings. The van der Waals surface area contributed by atoms with Crippen molar-refractivity contribution in [2.24, 2.45) is 11.1 Å². The molecular weight excluding hydrogens is 224 g/mol. The van der Waals surface area contributed by atoms with Crippen molar-refractivity contribution < 1.29 is 4.79 Å². The molecule has 2 rings (SSSR count). The minimum Gasteiger partial charge on any atom is -0.352 e. The monoisotopic (exact) mass is 246 g/mol. The molecule has 98 valence electrons. The number of rotatable bonds is 4. The maximum absolute atomic E-state index is 12.2. The second-order valence-corrected chi connectivity index (χ2v) is 5.47. The molecule has 1 aliphatic carbocycles. The normalized spacial score (nSPS) is 17.7. The van der Waals surface area contributed by atoms with Crippen LogP contribution < -0.4 is 11.1 Å². The molecule has 1 aromatic rings. The first-order valence-corrected chi connectivity index (χ1v) is 6.70. The van der Waals surface area contributed by atoms with Crippen molar-refractivity contribution in [1.29, 1.82) is 0 Å². The van der Waals surface area contributed by atoms with Crippen LogP contribution in [0.25, 0.3) is 0 Å². The molecule has 3 nitrogen and oxygen atoms in total. The lowest BCUT2D eigenvalue weighted by Gasteiger charge is -2.22. The average molecular weight is 246 g/mol. The summed E-state index contributed by atoms with van der Waals surface area (Å²) in [7, 11) is 0. The zero-order valence-electron chi connectivity index (χ0n) is 11.0. The number of hydrogen-bond donors (Lipinski definition) is 2.